The number of rotatable bonds is 2. The van der Waals surface area contributed by atoms with Crippen molar-refractivity contribution in [3.8, 4) is 22.5 Å². The second-order valence-corrected chi connectivity index (χ2v) is 10.8. The zero-order valence-corrected chi connectivity index (χ0v) is 26.3. The normalized spacial score (nSPS) is 11.4. The average Bonchev–Trinajstić information content (AvgIpc) is 3.76. The van der Waals surface area contributed by atoms with Gasteiger partial charge in [0, 0.05) is 48.7 Å². The van der Waals surface area contributed by atoms with Gasteiger partial charge in [-0.15, -0.1) is 59.7 Å². The Balaban J connectivity index is 0.000000196. The molecular formula is C40H23IrN3O-2. The molecule has 5 aromatic carbocycles. The smallest absolute Gasteiger partial charge is 0.137 e. The fourth-order valence-electron chi connectivity index (χ4n) is 6.45. The summed E-state index contributed by atoms with van der Waals surface area (Å²) in [6.07, 6.45) is 3.62. The number of hydrogen-bond donors (Lipinski definition) is 0. The third kappa shape index (κ3) is 4.32. The maximum atomic E-state index is 6.21. The molecule has 5 aromatic heterocycles. The Morgan fingerprint density at radius 1 is 0.533 bits per heavy atom. The van der Waals surface area contributed by atoms with E-state index in [4.69, 9.17) is 4.42 Å². The second kappa shape index (κ2) is 11.0. The summed E-state index contributed by atoms with van der Waals surface area (Å²) < 4.78 is 8.61. The minimum atomic E-state index is 0. The largest absolute Gasteiger partial charge is 0.456 e. The molecule has 0 aliphatic heterocycles. The van der Waals surface area contributed by atoms with Crippen molar-refractivity contribution in [2.24, 2.45) is 0 Å². The van der Waals surface area contributed by atoms with Crippen molar-refractivity contribution < 1.29 is 24.5 Å². The van der Waals surface area contributed by atoms with Gasteiger partial charge in [0.15, 0.2) is 0 Å². The Labute approximate surface area is 272 Å². The quantitative estimate of drug-likeness (QED) is 0.165. The molecule has 0 bridgehead atoms. The van der Waals surface area contributed by atoms with Crippen LogP contribution in [0.2, 0.25) is 0 Å². The Morgan fingerprint density at radius 3 is 1.98 bits per heavy atom. The number of benzene rings is 5. The van der Waals surface area contributed by atoms with Gasteiger partial charge in [-0.2, -0.15) is 0 Å². The van der Waals surface area contributed by atoms with Gasteiger partial charge < -0.3 is 18.8 Å². The second-order valence-electron chi connectivity index (χ2n) is 10.8. The van der Waals surface area contributed by atoms with Crippen molar-refractivity contribution >= 4 is 60.0 Å². The van der Waals surface area contributed by atoms with Crippen LogP contribution in [-0.4, -0.2) is 14.4 Å². The van der Waals surface area contributed by atoms with Crippen LogP contribution in [0.25, 0.3) is 82.5 Å². The summed E-state index contributed by atoms with van der Waals surface area (Å²) in [5.41, 5.74) is 9.40. The van der Waals surface area contributed by atoms with Crippen LogP contribution in [0.4, 0.5) is 0 Å². The summed E-state index contributed by atoms with van der Waals surface area (Å²) in [5, 5.41) is 7.30. The van der Waals surface area contributed by atoms with Gasteiger partial charge in [-0.1, -0.05) is 66.0 Å². The van der Waals surface area contributed by atoms with Crippen LogP contribution in [-0.2, 0) is 20.1 Å². The van der Waals surface area contributed by atoms with Gasteiger partial charge in [0.05, 0.1) is 16.4 Å². The molecule has 0 unspecified atom stereocenters. The molecule has 0 saturated heterocycles. The van der Waals surface area contributed by atoms with Gasteiger partial charge in [-0.05, 0) is 52.6 Å². The number of aromatic nitrogens is 3. The van der Waals surface area contributed by atoms with Crippen LogP contribution < -0.4 is 0 Å². The van der Waals surface area contributed by atoms with E-state index in [9.17, 15) is 0 Å². The van der Waals surface area contributed by atoms with Crippen molar-refractivity contribution in [2.45, 2.75) is 0 Å². The molecular weight excluding hydrogens is 731 g/mol. The van der Waals surface area contributed by atoms with Crippen molar-refractivity contribution in [1.82, 2.24) is 14.4 Å². The van der Waals surface area contributed by atoms with E-state index in [1.54, 1.807) is 6.20 Å². The zero-order chi connectivity index (χ0) is 29.0. The third-order valence-electron chi connectivity index (χ3n) is 8.34. The van der Waals surface area contributed by atoms with Crippen molar-refractivity contribution in [3.05, 3.63) is 152 Å². The fourth-order valence-corrected chi connectivity index (χ4v) is 6.45. The first-order chi connectivity index (χ1) is 21.8. The molecule has 5 heterocycles. The maximum Gasteiger partial charge on any atom is 0.137 e. The maximum absolute atomic E-state index is 6.21. The van der Waals surface area contributed by atoms with Crippen LogP contribution >= 0.6 is 0 Å². The standard InChI is InChI=1S/C29H15N2O.C11H8N.Ir/c1-2-10-25-21(6-1)27-26(32-25)14-12-20-18-7-5-8-19-22-16-17(23-9-3-4-15-30-23)11-13-24(22)31(28(18)19)29(20)27;1-2-6-10(7-3-1)11-8-4-5-9-12-11;/h1-10,12-16H;1-6,8-9H;/q2*-1;. The van der Waals surface area contributed by atoms with Crippen LogP contribution in [0.3, 0.4) is 0 Å². The SMILES string of the molecule is [Ir].[c-]1cc2c(cc1-c1ccccn1)c1cccc3c4ccc5oc6ccccc6c5c4n2c13.[c-]1ccccc1-c1ccccn1. The Hall–Kier alpha value is -5.35. The molecule has 0 amide bonds. The number of nitrogens with zero attached hydrogens (tertiary/aromatic N) is 3. The molecule has 45 heavy (non-hydrogen) atoms. The number of hydrogen-bond acceptors (Lipinski definition) is 3. The molecule has 1 radical (unpaired) electrons. The summed E-state index contributed by atoms with van der Waals surface area (Å²) in [4.78, 5) is 8.75. The Morgan fingerprint density at radius 2 is 1.22 bits per heavy atom. The summed E-state index contributed by atoms with van der Waals surface area (Å²) in [5.74, 6) is 0. The van der Waals surface area contributed by atoms with Crippen LogP contribution in [0.15, 0.2) is 144 Å². The molecule has 0 fully saturated rings. The van der Waals surface area contributed by atoms with E-state index in [-0.39, 0.29) is 20.1 Å². The van der Waals surface area contributed by atoms with Gasteiger partial charge in [0.2, 0.25) is 0 Å². The van der Waals surface area contributed by atoms with E-state index in [0.29, 0.717) is 0 Å². The molecule has 10 rings (SSSR count). The van der Waals surface area contributed by atoms with Crippen molar-refractivity contribution in [1.29, 1.82) is 0 Å². The molecule has 4 nitrogen and oxygen atoms in total. The monoisotopic (exact) mass is 754 g/mol. The minimum Gasteiger partial charge on any atom is -0.456 e. The van der Waals surface area contributed by atoms with Crippen LogP contribution in [0.5, 0.6) is 0 Å². The van der Waals surface area contributed by atoms with E-state index < -0.39 is 0 Å². The third-order valence-corrected chi connectivity index (χ3v) is 8.34. The van der Waals surface area contributed by atoms with E-state index >= 15 is 0 Å². The average molecular weight is 754 g/mol. The first kappa shape index (κ1) is 27.2. The number of pyridine rings is 2. The molecule has 10 aromatic rings. The van der Waals surface area contributed by atoms with E-state index in [1.165, 1.54) is 38.0 Å². The first-order valence-electron chi connectivity index (χ1n) is 14.6. The Bertz CT molecular complexity index is 2550. The van der Waals surface area contributed by atoms with Crippen LogP contribution in [0, 0.1) is 12.1 Å². The van der Waals surface area contributed by atoms with Gasteiger partial charge in [0.1, 0.15) is 11.2 Å². The molecule has 0 atom stereocenters. The molecule has 0 N–H and O–H groups in total. The van der Waals surface area contributed by atoms with Gasteiger partial charge in [-0.3, -0.25) is 0 Å². The van der Waals surface area contributed by atoms with Crippen LogP contribution in [0.1, 0.15) is 0 Å². The fraction of sp³-hybridized carbons (Fsp3) is 0. The number of para-hydroxylation sites is 2. The molecule has 5 heteroatoms. The minimum absolute atomic E-state index is 0. The van der Waals surface area contributed by atoms with E-state index in [1.807, 2.05) is 79.0 Å². The van der Waals surface area contributed by atoms with Crippen molar-refractivity contribution in [2.75, 3.05) is 0 Å². The molecule has 0 saturated carbocycles. The van der Waals surface area contributed by atoms with E-state index in [2.05, 4.69) is 81.1 Å². The predicted octanol–water partition coefficient (Wildman–Crippen LogP) is 10.1. The molecule has 0 spiro atoms. The van der Waals surface area contributed by atoms with E-state index in [0.717, 1.165) is 44.6 Å². The van der Waals surface area contributed by atoms with Crippen molar-refractivity contribution in [3.63, 3.8) is 0 Å². The summed E-state index contributed by atoms with van der Waals surface area (Å²) in [6.45, 7) is 0. The van der Waals surface area contributed by atoms with Gasteiger partial charge in [-0.25, -0.2) is 0 Å². The number of furan rings is 1. The Kier molecular flexibility index (Phi) is 6.64. The molecule has 0 aliphatic rings. The topological polar surface area (TPSA) is 43.3 Å². The molecule has 215 valence electrons. The number of fused-ring (bicyclic) bond motifs is 10. The van der Waals surface area contributed by atoms with Gasteiger partial charge in [0.25, 0.3) is 0 Å². The van der Waals surface area contributed by atoms with Gasteiger partial charge >= 0.3 is 0 Å². The predicted molar refractivity (Wildman–Crippen MR) is 179 cm³/mol. The summed E-state index contributed by atoms with van der Waals surface area (Å²) >= 11 is 0. The first-order valence-corrected chi connectivity index (χ1v) is 14.6. The molecule has 0 aliphatic carbocycles. The zero-order valence-electron chi connectivity index (χ0n) is 23.9. The summed E-state index contributed by atoms with van der Waals surface area (Å²) in [7, 11) is 0. The summed E-state index contributed by atoms with van der Waals surface area (Å²) in [6, 6.07) is 49.8.